The van der Waals surface area contributed by atoms with Crippen LogP contribution in [0.5, 0.6) is 0 Å². The Balaban J connectivity index is 0.00000900. The van der Waals surface area contributed by atoms with E-state index in [2.05, 4.69) is 12.0 Å². The Bertz CT molecular complexity index is 633. The van der Waals surface area contributed by atoms with E-state index in [1.165, 1.54) is 23.9 Å². The lowest BCUT2D eigenvalue weighted by molar-refractivity contribution is -0.701. The predicted molar refractivity (Wildman–Crippen MR) is 90.5 cm³/mol. The molecule has 0 amide bonds. The van der Waals surface area contributed by atoms with Gasteiger partial charge in [-0.3, -0.25) is 0 Å². The minimum atomic E-state index is -6.85. The Labute approximate surface area is 192 Å². The monoisotopic (exact) mass is 583 g/mol. The van der Waals surface area contributed by atoms with Gasteiger partial charge in [-0.05, 0) is 6.42 Å². The minimum Gasteiger partial charge on any atom is -1.00 e. The third-order valence-electron chi connectivity index (χ3n) is 4.76. The maximum absolute atomic E-state index is 13.5. The Morgan fingerprint density at radius 2 is 1.29 bits per heavy atom. The molecule has 3 nitrogen and oxygen atoms in total. The van der Waals surface area contributed by atoms with Gasteiger partial charge in [0.25, 0.3) is 6.33 Å². The lowest BCUT2D eigenvalue weighted by Crippen LogP contribution is -3.00. The van der Waals surface area contributed by atoms with Crippen molar-refractivity contribution in [3.8, 4) is 0 Å². The Hall–Kier alpha value is -0.760. The third-order valence-corrected chi connectivity index (χ3v) is 4.76. The topological polar surface area (TPSA) is 21.7 Å². The second-order valence-electron chi connectivity index (χ2n) is 7.32. The molecule has 0 saturated carbocycles. The fraction of sp³-hybridized carbons (Fsp3) is 0.889. The van der Waals surface area contributed by atoms with E-state index >= 15 is 0 Å². The summed E-state index contributed by atoms with van der Waals surface area (Å²) in [5.74, 6) is -19.0. The van der Waals surface area contributed by atoms with Gasteiger partial charge in [0.05, 0.1) is 6.54 Å². The van der Waals surface area contributed by atoms with Crippen LogP contribution in [-0.2, 0) is 13.1 Å². The van der Waals surface area contributed by atoms with Gasteiger partial charge in [-0.2, -0.15) is 39.5 Å². The van der Waals surface area contributed by atoms with Crippen molar-refractivity contribution in [1.82, 2.24) is 9.78 Å². The molecule has 1 heterocycles. The van der Waals surface area contributed by atoms with Crippen LogP contribution in [0.4, 0.5) is 39.5 Å². The Kier molecular flexibility index (Phi) is 12.2. The summed E-state index contributed by atoms with van der Waals surface area (Å²) in [6.45, 7) is 1.68. The van der Waals surface area contributed by atoms with Crippen LogP contribution in [0, 0.1) is 0 Å². The van der Waals surface area contributed by atoms with Gasteiger partial charge in [-0.15, -0.1) is 4.68 Å². The quantitative estimate of drug-likeness (QED) is 0.143. The number of nitrogens with zero attached hydrogens (tertiary/aromatic N) is 3. The van der Waals surface area contributed by atoms with Gasteiger partial charge >= 0.3 is 23.9 Å². The molecule has 0 bridgehead atoms. The summed E-state index contributed by atoms with van der Waals surface area (Å²) < 4.78 is 118. The SMILES string of the molecule is CCCCCCCCCCn1c[n+](CCC(F)(F)C(F)(F)C(F)(F)C(F)(F)F)cn1.[I-]. The van der Waals surface area contributed by atoms with Gasteiger partial charge in [-0.25, -0.2) is 4.57 Å². The first-order valence-electron chi connectivity index (χ1n) is 9.88. The predicted octanol–water partition coefficient (Wildman–Crippen LogP) is 3.17. The molecule has 0 radical (unpaired) electrons. The van der Waals surface area contributed by atoms with Crippen LogP contribution in [0.25, 0.3) is 0 Å². The van der Waals surface area contributed by atoms with Crippen LogP contribution in [0.3, 0.4) is 0 Å². The summed E-state index contributed by atoms with van der Waals surface area (Å²) in [6.07, 6.45) is 2.05. The first-order valence-corrected chi connectivity index (χ1v) is 9.88. The Morgan fingerprint density at radius 1 is 0.774 bits per heavy atom. The van der Waals surface area contributed by atoms with E-state index in [0.29, 0.717) is 6.54 Å². The molecule has 0 aliphatic rings. The smallest absolute Gasteiger partial charge is 0.460 e. The van der Waals surface area contributed by atoms with Crippen molar-refractivity contribution >= 4 is 0 Å². The standard InChI is InChI=1S/C18H27F9N3.HI/c1-2-3-4-5-6-7-8-9-11-30-14-29(13-28-30)12-10-15(19,20)16(21,22)17(23,24)18(25,26)27;/h13-14H,2-12H2,1H3;1H/q+1;/p-1. The molecular formula is C18H27F9IN3. The molecule has 0 atom stereocenters. The molecule has 0 aromatic carbocycles. The molecule has 184 valence electrons. The van der Waals surface area contributed by atoms with E-state index in [0.717, 1.165) is 49.4 Å². The van der Waals surface area contributed by atoms with Crippen LogP contribution >= 0.6 is 0 Å². The van der Waals surface area contributed by atoms with Gasteiger partial charge in [0, 0.05) is 11.5 Å². The number of halogens is 10. The van der Waals surface area contributed by atoms with Crippen LogP contribution in [-0.4, -0.2) is 33.7 Å². The van der Waals surface area contributed by atoms with Gasteiger partial charge in [0.15, 0.2) is 0 Å². The van der Waals surface area contributed by atoms with Gasteiger partial charge in [-0.1, -0.05) is 51.9 Å². The van der Waals surface area contributed by atoms with E-state index < -0.39 is 36.9 Å². The van der Waals surface area contributed by atoms with Crippen LogP contribution in [0.15, 0.2) is 12.7 Å². The summed E-state index contributed by atoms with van der Waals surface area (Å²) in [5.41, 5.74) is 0. The van der Waals surface area contributed by atoms with Crippen molar-refractivity contribution in [3.05, 3.63) is 12.7 Å². The van der Waals surface area contributed by atoms with E-state index in [1.807, 2.05) is 0 Å². The fourth-order valence-corrected chi connectivity index (χ4v) is 2.84. The van der Waals surface area contributed by atoms with Crippen molar-refractivity contribution in [2.75, 3.05) is 0 Å². The highest BCUT2D eigenvalue weighted by Gasteiger charge is 2.81. The minimum absolute atomic E-state index is 0. The highest BCUT2D eigenvalue weighted by atomic mass is 127. The molecule has 0 fully saturated rings. The average Bonchev–Trinajstić information content (AvgIpc) is 3.09. The zero-order valence-corrected chi connectivity index (χ0v) is 19.2. The van der Waals surface area contributed by atoms with Gasteiger partial charge < -0.3 is 24.0 Å². The summed E-state index contributed by atoms with van der Waals surface area (Å²) >= 11 is 0. The van der Waals surface area contributed by atoms with Crippen LogP contribution in [0.1, 0.15) is 64.7 Å². The van der Waals surface area contributed by atoms with E-state index in [-0.39, 0.29) is 24.0 Å². The van der Waals surface area contributed by atoms with Gasteiger partial charge in [0.2, 0.25) is 6.33 Å². The molecule has 0 saturated heterocycles. The number of hydrogen-bond acceptors (Lipinski definition) is 1. The number of hydrogen-bond donors (Lipinski definition) is 0. The molecule has 0 N–H and O–H groups in total. The van der Waals surface area contributed by atoms with E-state index in [4.69, 9.17) is 0 Å². The highest BCUT2D eigenvalue weighted by Crippen LogP contribution is 2.53. The lowest BCUT2D eigenvalue weighted by Gasteiger charge is -2.33. The molecule has 1 aromatic rings. The maximum atomic E-state index is 13.5. The number of rotatable bonds is 14. The summed E-state index contributed by atoms with van der Waals surface area (Å²) in [5, 5.41) is 3.84. The average molecular weight is 583 g/mol. The molecule has 31 heavy (non-hydrogen) atoms. The van der Waals surface area contributed by atoms with Crippen LogP contribution in [0.2, 0.25) is 0 Å². The zero-order chi connectivity index (χ0) is 23.1. The van der Waals surface area contributed by atoms with Crippen molar-refractivity contribution in [2.45, 2.75) is 102 Å². The summed E-state index contributed by atoms with van der Waals surface area (Å²) in [4.78, 5) is 0. The molecule has 13 heteroatoms. The number of unbranched alkanes of at least 4 members (excludes halogenated alkanes) is 7. The first-order chi connectivity index (χ1) is 13.8. The third kappa shape index (κ3) is 8.26. The summed E-state index contributed by atoms with van der Waals surface area (Å²) in [6, 6.07) is 0. The second kappa shape index (κ2) is 12.5. The largest absolute Gasteiger partial charge is 1.00 e. The van der Waals surface area contributed by atoms with E-state index in [9.17, 15) is 39.5 Å². The highest BCUT2D eigenvalue weighted by molar-refractivity contribution is 4.99. The molecule has 0 unspecified atom stereocenters. The van der Waals surface area contributed by atoms with Crippen molar-refractivity contribution in [2.24, 2.45) is 0 Å². The lowest BCUT2D eigenvalue weighted by atomic mass is 10.0. The summed E-state index contributed by atoms with van der Waals surface area (Å²) in [7, 11) is 0. The molecule has 1 aromatic heterocycles. The number of alkyl halides is 9. The van der Waals surface area contributed by atoms with Crippen molar-refractivity contribution in [1.29, 1.82) is 0 Å². The molecule has 0 aliphatic heterocycles. The van der Waals surface area contributed by atoms with E-state index in [1.54, 1.807) is 0 Å². The van der Waals surface area contributed by atoms with Crippen molar-refractivity contribution in [3.63, 3.8) is 0 Å². The number of aromatic nitrogens is 3. The van der Waals surface area contributed by atoms with Crippen molar-refractivity contribution < 1.29 is 68.1 Å². The fourth-order valence-electron chi connectivity index (χ4n) is 2.84. The molecule has 0 spiro atoms. The molecular weight excluding hydrogens is 556 g/mol. The molecule has 1 rings (SSSR count). The molecule has 0 aliphatic carbocycles. The van der Waals surface area contributed by atoms with Gasteiger partial charge in [0.1, 0.15) is 6.54 Å². The maximum Gasteiger partial charge on any atom is 0.460 e. The number of aryl methyl sites for hydroxylation is 2. The first kappa shape index (κ1) is 30.2. The Morgan fingerprint density at radius 3 is 1.81 bits per heavy atom. The second-order valence-corrected chi connectivity index (χ2v) is 7.32. The van der Waals surface area contributed by atoms with Crippen LogP contribution < -0.4 is 28.5 Å². The zero-order valence-electron chi connectivity index (χ0n) is 17.1. The normalized spacial score (nSPS) is 13.4.